The van der Waals surface area contributed by atoms with E-state index in [9.17, 15) is 14.4 Å². The van der Waals surface area contributed by atoms with Gasteiger partial charge in [0.2, 0.25) is 11.8 Å². The number of anilines is 2. The van der Waals surface area contributed by atoms with E-state index in [0.29, 0.717) is 28.0 Å². The van der Waals surface area contributed by atoms with Crippen molar-refractivity contribution in [1.29, 1.82) is 0 Å². The highest BCUT2D eigenvalue weighted by Gasteiger charge is 2.27. The van der Waals surface area contributed by atoms with Gasteiger partial charge in [-0.1, -0.05) is 18.2 Å². The minimum atomic E-state index is -0.785. The summed E-state index contributed by atoms with van der Waals surface area (Å²) in [7, 11) is 0. The third-order valence-corrected chi connectivity index (χ3v) is 4.81. The molecule has 8 nitrogen and oxygen atoms in total. The lowest BCUT2D eigenvalue weighted by molar-refractivity contribution is -0.118. The van der Waals surface area contributed by atoms with Crippen molar-refractivity contribution >= 4 is 51.9 Å². The third kappa shape index (κ3) is 3.49. The Balaban J connectivity index is 1.41. The fourth-order valence-corrected chi connectivity index (χ4v) is 3.46. The van der Waals surface area contributed by atoms with Crippen molar-refractivity contribution in [3.63, 3.8) is 0 Å². The van der Waals surface area contributed by atoms with Crippen LogP contribution in [-0.2, 0) is 9.59 Å². The molecule has 0 unspecified atom stereocenters. The molecule has 3 N–H and O–H groups in total. The van der Waals surface area contributed by atoms with Crippen molar-refractivity contribution in [3.05, 3.63) is 48.0 Å². The van der Waals surface area contributed by atoms with E-state index in [1.807, 2.05) is 6.07 Å². The fourth-order valence-electron chi connectivity index (χ4n) is 2.91. The van der Waals surface area contributed by atoms with E-state index in [1.54, 1.807) is 36.4 Å². The molecule has 0 saturated heterocycles. The molecule has 3 aromatic rings. The topological polar surface area (TPSA) is 113 Å². The highest BCUT2D eigenvalue weighted by Crippen LogP contribution is 2.22. The van der Waals surface area contributed by atoms with Gasteiger partial charge in [0.1, 0.15) is 17.1 Å². The van der Waals surface area contributed by atoms with E-state index in [1.165, 1.54) is 0 Å². The van der Waals surface area contributed by atoms with Crippen LogP contribution in [0.3, 0.4) is 0 Å². The Bertz CT molecular complexity index is 1050. The van der Waals surface area contributed by atoms with Crippen LogP contribution in [0.15, 0.2) is 42.5 Å². The van der Waals surface area contributed by atoms with Gasteiger partial charge in [-0.3, -0.25) is 14.4 Å². The first-order valence-electron chi connectivity index (χ1n) is 8.34. The van der Waals surface area contributed by atoms with Crippen LogP contribution in [-0.4, -0.2) is 32.5 Å². The molecule has 27 heavy (non-hydrogen) atoms. The van der Waals surface area contributed by atoms with E-state index >= 15 is 0 Å². The number of hydrogen-bond donors (Lipinski definition) is 3. The summed E-state index contributed by atoms with van der Waals surface area (Å²) in [6, 6.07) is 11.4. The van der Waals surface area contributed by atoms with Crippen molar-refractivity contribution in [2.24, 2.45) is 0 Å². The first-order chi connectivity index (χ1) is 13.1. The molecule has 0 radical (unpaired) electrons. The lowest BCUT2D eigenvalue weighted by atomic mass is 10.1. The van der Waals surface area contributed by atoms with Crippen LogP contribution >= 0.6 is 11.7 Å². The van der Waals surface area contributed by atoms with Gasteiger partial charge >= 0.3 is 0 Å². The summed E-state index contributed by atoms with van der Waals surface area (Å²) in [5.41, 5.74) is 2.79. The predicted octanol–water partition coefficient (Wildman–Crippen LogP) is 2.16. The van der Waals surface area contributed by atoms with Crippen LogP contribution in [0.2, 0.25) is 0 Å². The number of amides is 3. The first kappa shape index (κ1) is 17.1. The van der Waals surface area contributed by atoms with Gasteiger partial charge in [0.05, 0.1) is 28.7 Å². The molecule has 0 spiro atoms. The van der Waals surface area contributed by atoms with Crippen molar-refractivity contribution in [2.45, 2.75) is 18.9 Å². The van der Waals surface area contributed by atoms with Gasteiger partial charge in [-0.15, -0.1) is 0 Å². The molecule has 3 amide bonds. The number of nitrogens with one attached hydrogen (secondary N) is 3. The maximum absolute atomic E-state index is 12.4. The monoisotopic (exact) mass is 381 g/mol. The molecule has 2 aromatic carbocycles. The number of carbonyl (C=O) groups excluding carboxylic acids is 3. The van der Waals surface area contributed by atoms with E-state index in [-0.39, 0.29) is 30.6 Å². The summed E-state index contributed by atoms with van der Waals surface area (Å²) >= 11 is 1.08. The van der Waals surface area contributed by atoms with E-state index < -0.39 is 6.04 Å². The van der Waals surface area contributed by atoms with E-state index in [4.69, 9.17) is 0 Å². The summed E-state index contributed by atoms with van der Waals surface area (Å²) < 4.78 is 8.31. The summed E-state index contributed by atoms with van der Waals surface area (Å²) in [6.07, 6.45) is 0.255. The Labute approximate surface area is 158 Å². The second-order valence-corrected chi connectivity index (χ2v) is 6.61. The number of para-hydroxylation sites is 1. The van der Waals surface area contributed by atoms with E-state index in [0.717, 1.165) is 11.7 Å². The Morgan fingerprint density at radius 2 is 1.96 bits per heavy atom. The van der Waals surface area contributed by atoms with Gasteiger partial charge in [-0.05, 0) is 30.7 Å². The van der Waals surface area contributed by atoms with Crippen LogP contribution < -0.4 is 16.0 Å². The summed E-state index contributed by atoms with van der Waals surface area (Å²) in [5, 5.41) is 8.19. The SMILES string of the molecule is O=C(CC[C@H]1NC(=O)c2ccccc2NC1=O)Nc1cccc2nsnc12. The molecular weight excluding hydrogens is 366 g/mol. The average Bonchev–Trinajstić information content (AvgIpc) is 3.10. The Morgan fingerprint density at radius 3 is 2.85 bits per heavy atom. The molecule has 2 heterocycles. The number of carbonyl (C=O) groups is 3. The fraction of sp³-hybridized carbons (Fsp3) is 0.167. The van der Waals surface area contributed by atoms with Gasteiger partial charge in [-0.2, -0.15) is 8.75 Å². The van der Waals surface area contributed by atoms with Crippen LogP contribution in [0, 0.1) is 0 Å². The zero-order chi connectivity index (χ0) is 18.8. The highest BCUT2D eigenvalue weighted by molar-refractivity contribution is 7.00. The zero-order valence-corrected chi connectivity index (χ0v) is 14.9. The lowest BCUT2D eigenvalue weighted by Crippen LogP contribution is -2.41. The van der Waals surface area contributed by atoms with Crippen LogP contribution in [0.5, 0.6) is 0 Å². The first-order valence-corrected chi connectivity index (χ1v) is 9.07. The second kappa shape index (κ2) is 7.12. The van der Waals surface area contributed by atoms with E-state index in [2.05, 4.69) is 24.7 Å². The highest BCUT2D eigenvalue weighted by atomic mass is 32.1. The maximum atomic E-state index is 12.4. The molecule has 136 valence electrons. The molecule has 0 fully saturated rings. The molecule has 9 heteroatoms. The number of rotatable bonds is 4. The van der Waals surface area contributed by atoms with Crippen molar-refractivity contribution in [3.8, 4) is 0 Å². The third-order valence-electron chi connectivity index (χ3n) is 4.27. The Kier molecular flexibility index (Phi) is 4.51. The Morgan fingerprint density at radius 1 is 1.11 bits per heavy atom. The summed E-state index contributed by atoms with van der Waals surface area (Å²) in [6.45, 7) is 0. The van der Waals surface area contributed by atoms with Crippen LogP contribution in [0.1, 0.15) is 23.2 Å². The largest absolute Gasteiger partial charge is 0.340 e. The molecule has 1 atom stereocenters. The van der Waals surface area contributed by atoms with Crippen molar-refractivity contribution in [2.75, 3.05) is 10.6 Å². The molecule has 1 aliphatic heterocycles. The maximum Gasteiger partial charge on any atom is 0.254 e. The predicted molar refractivity (Wildman–Crippen MR) is 102 cm³/mol. The Hall–Kier alpha value is -3.33. The average molecular weight is 381 g/mol. The summed E-state index contributed by atoms with van der Waals surface area (Å²) in [5.74, 6) is -0.945. The number of nitrogens with zero attached hydrogens (tertiary/aromatic N) is 2. The molecule has 0 aliphatic carbocycles. The second-order valence-electron chi connectivity index (χ2n) is 6.09. The van der Waals surface area contributed by atoms with Gasteiger partial charge in [0.25, 0.3) is 5.91 Å². The molecular formula is C18H15N5O3S. The number of benzene rings is 2. The van der Waals surface area contributed by atoms with Gasteiger partial charge in [0.15, 0.2) is 0 Å². The van der Waals surface area contributed by atoms with Crippen LogP contribution in [0.25, 0.3) is 11.0 Å². The van der Waals surface area contributed by atoms with Crippen LogP contribution in [0.4, 0.5) is 11.4 Å². The van der Waals surface area contributed by atoms with Gasteiger partial charge in [-0.25, -0.2) is 0 Å². The minimum Gasteiger partial charge on any atom is -0.340 e. The van der Waals surface area contributed by atoms with Gasteiger partial charge in [0, 0.05) is 6.42 Å². The molecule has 0 bridgehead atoms. The molecule has 1 aromatic heterocycles. The zero-order valence-electron chi connectivity index (χ0n) is 14.1. The standard InChI is InChI=1S/C18H15N5O3S/c24-15(19-12-6-3-7-13-16(12)23-27-22-13)9-8-14-18(26)20-11-5-2-1-4-10(11)17(25)21-14/h1-7,14H,8-9H2,(H,19,24)(H,20,26)(H,21,25)/t14-/m1/s1. The van der Waals surface area contributed by atoms with Crippen molar-refractivity contribution < 1.29 is 14.4 Å². The smallest absolute Gasteiger partial charge is 0.254 e. The number of fused-ring (bicyclic) bond motifs is 2. The molecule has 4 rings (SSSR count). The van der Waals surface area contributed by atoms with Crippen molar-refractivity contribution in [1.82, 2.24) is 14.1 Å². The number of aromatic nitrogens is 2. The quantitative estimate of drug-likeness (QED) is 0.641. The summed E-state index contributed by atoms with van der Waals surface area (Å²) in [4.78, 5) is 37.0. The lowest BCUT2D eigenvalue weighted by Gasteiger charge is -2.14. The molecule has 0 saturated carbocycles. The van der Waals surface area contributed by atoms with Gasteiger partial charge < -0.3 is 16.0 Å². The number of hydrogen-bond acceptors (Lipinski definition) is 6. The molecule has 1 aliphatic rings. The normalized spacial score (nSPS) is 16.2. The minimum absolute atomic E-state index is 0.0721.